The van der Waals surface area contributed by atoms with Gasteiger partial charge in [-0.15, -0.1) is 24.8 Å². The van der Waals surface area contributed by atoms with Crippen molar-refractivity contribution in [1.29, 1.82) is 0 Å². The van der Waals surface area contributed by atoms with Gasteiger partial charge in [-0.3, -0.25) is 0 Å². The van der Waals surface area contributed by atoms with Crippen molar-refractivity contribution < 1.29 is 18.3 Å². The van der Waals surface area contributed by atoms with E-state index in [2.05, 4.69) is 174 Å². The minimum absolute atomic E-state index is 0. The van der Waals surface area contributed by atoms with E-state index in [4.69, 9.17) is 4.21 Å². The first kappa shape index (κ1) is 42.8. The molecule has 0 saturated carbocycles. The molecular formula is C53H64Cl2Zr. The maximum absolute atomic E-state index is 5.99. The second kappa shape index (κ2) is 14.2. The van der Waals surface area contributed by atoms with Crippen LogP contribution in [0.15, 0.2) is 103 Å². The molecule has 56 heavy (non-hydrogen) atoms. The van der Waals surface area contributed by atoms with Crippen LogP contribution in [0.25, 0.3) is 22.3 Å². The van der Waals surface area contributed by atoms with Crippen LogP contribution in [0.2, 0.25) is 0 Å². The summed E-state index contributed by atoms with van der Waals surface area (Å²) in [7, 11) is 0. The number of fused-ring (bicyclic) bond motifs is 5. The molecule has 0 amide bonds. The Balaban J connectivity index is 0.00000266. The average Bonchev–Trinajstić information content (AvgIpc) is 3.81. The van der Waals surface area contributed by atoms with Crippen molar-refractivity contribution in [2.45, 2.75) is 120 Å². The zero-order valence-corrected chi connectivity index (χ0v) is 40.2. The normalized spacial score (nSPS) is 18.9. The predicted molar refractivity (Wildman–Crippen MR) is 249 cm³/mol. The number of hydrogen-bond donors (Lipinski definition) is 0. The van der Waals surface area contributed by atoms with Gasteiger partial charge in [0.15, 0.2) is 0 Å². The molecule has 0 nitrogen and oxygen atoms in total. The fourth-order valence-corrected chi connectivity index (χ4v) is 30.5. The van der Waals surface area contributed by atoms with E-state index in [-0.39, 0.29) is 41.1 Å². The molecule has 0 radical (unpaired) electrons. The van der Waals surface area contributed by atoms with Crippen molar-refractivity contribution >= 4 is 46.7 Å². The number of benzene rings is 4. The molecule has 4 aromatic rings. The molecular weight excluding hydrogens is 799 g/mol. The van der Waals surface area contributed by atoms with Gasteiger partial charge in [-0.25, -0.2) is 0 Å². The number of unbranched alkanes of at least 4 members (excludes halogenated alkanes) is 1. The van der Waals surface area contributed by atoms with Crippen LogP contribution in [0.3, 0.4) is 0 Å². The zero-order chi connectivity index (χ0) is 38.8. The van der Waals surface area contributed by atoms with Gasteiger partial charge in [0.2, 0.25) is 0 Å². The first-order valence-electron chi connectivity index (χ1n) is 20.7. The molecule has 3 heteroatoms. The summed E-state index contributed by atoms with van der Waals surface area (Å²) in [6.45, 7) is 28.6. The monoisotopic (exact) mass is 860 g/mol. The molecule has 0 bridgehead atoms. The number of allylic oxidation sites excluding steroid dienone is 8. The van der Waals surface area contributed by atoms with Crippen molar-refractivity contribution in [3.05, 3.63) is 148 Å². The Labute approximate surface area is 352 Å². The summed E-state index contributed by atoms with van der Waals surface area (Å²) in [4.78, 5) is 0. The molecule has 4 aliphatic rings. The molecule has 0 aliphatic heterocycles. The van der Waals surface area contributed by atoms with Gasteiger partial charge in [0.1, 0.15) is 0 Å². The van der Waals surface area contributed by atoms with Crippen LogP contribution in [0.4, 0.5) is 0 Å². The minimum atomic E-state index is -5.05. The Hall–Kier alpha value is -2.83. The van der Waals surface area contributed by atoms with Crippen molar-refractivity contribution in [1.82, 2.24) is 0 Å². The van der Waals surface area contributed by atoms with Gasteiger partial charge in [-0.1, -0.05) is 0 Å². The molecule has 0 saturated heterocycles. The van der Waals surface area contributed by atoms with E-state index in [0.717, 1.165) is 6.42 Å². The Bertz CT molecular complexity index is 2400. The van der Waals surface area contributed by atoms with E-state index in [0.29, 0.717) is 5.92 Å². The van der Waals surface area contributed by atoms with Gasteiger partial charge in [-0.05, 0) is 0 Å². The molecule has 1 atom stereocenters. The molecule has 0 heterocycles. The fourth-order valence-electron chi connectivity index (χ4n) is 11.6. The number of halogens is 2. The summed E-state index contributed by atoms with van der Waals surface area (Å²) in [5, 5.41) is 0. The second-order valence-electron chi connectivity index (χ2n) is 19.9. The van der Waals surface area contributed by atoms with E-state index < -0.39 is 18.3 Å². The molecule has 294 valence electrons. The van der Waals surface area contributed by atoms with E-state index >= 15 is 0 Å². The van der Waals surface area contributed by atoms with Crippen molar-refractivity contribution in [2.75, 3.05) is 0 Å². The first-order chi connectivity index (χ1) is 25.3. The fraction of sp³-hybridized carbons (Fsp3) is 0.377. The average molecular weight is 863 g/mol. The second-order valence-corrected chi connectivity index (χ2v) is 32.5. The van der Waals surface area contributed by atoms with Crippen molar-refractivity contribution in [3.63, 3.8) is 0 Å². The van der Waals surface area contributed by atoms with Crippen LogP contribution in [0.5, 0.6) is 0 Å². The van der Waals surface area contributed by atoms with Crippen LogP contribution >= 0.6 is 24.8 Å². The molecule has 4 aromatic carbocycles. The predicted octanol–water partition coefficient (Wildman–Crippen LogP) is 13.9. The number of rotatable bonds is 7. The molecule has 0 aromatic heterocycles. The van der Waals surface area contributed by atoms with Crippen LogP contribution in [0.1, 0.15) is 133 Å². The quantitative estimate of drug-likeness (QED) is 0.153. The van der Waals surface area contributed by atoms with E-state index in [1.165, 1.54) is 98.2 Å². The summed E-state index contributed by atoms with van der Waals surface area (Å²) in [6.07, 6.45) is 12.4. The third-order valence-electron chi connectivity index (χ3n) is 14.3. The van der Waals surface area contributed by atoms with Gasteiger partial charge >= 0.3 is 330 Å². The topological polar surface area (TPSA) is 0 Å². The van der Waals surface area contributed by atoms with Crippen molar-refractivity contribution in [2.24, 2.45) is 11.3 Å². The third-order valence-corrected chi connectivity index (χ3v) is 31.8. The molecule has 8 rings (SSSR count). The molecule has 1 unspecified atom stereocenters. The summed E-state index contributed by atoms with van der Waals surface area (Å²) in [6, 6.07) is 29.7. The molecule has 0 N–H and O–H groups in total. The Morgan fingerprint density at radius 3 is 1.75 bits per heavy atom. The van der Waals surface area contributed by atoms with Crippen LogP contribution in [-0.2, 0) is 35.5 Å². The van der Waals surface area contributed by atoms with Gasteiger partial charge in [-0.2, -0.15) is 0 Å². The summed E-state index contributed by atoms with van der Waals surface area (Å²) in [5.41, 5.74) is 18.5. The molecule has 0 fully saturated rings. The van der Waals surface area contributed by atoms with Crippen LogP contribution < -0.4 is 6.54 Å². The first-order valence-corrected chi connectivity index (χ1v) is 27.3. The van der Waals surface area contributed by atoms with Crippen LogP contribution in [-0.4, -0.2) is 4.21 Å². The Kier molecular flexibility index (Phi) is 10.8. The maximum atomic E-state index is 5.99. The summed E-state index contributed by atoms with van der Waals surface area (Å²) in [5.74, 6) is 0.365. The standard InChI is InChI=1S/C25H25.C13H21.2C7H7.CH2.2ClH.Zr/c1-14-12-24(3,4)22-8-16-7-17-9-23-19(15(2)13-25(23,5)6)11-21(17)20(16)10-18(14)22;1-5-6-7-11-8-9-12(10-11)13(2,3)4;2*1-7-5-3-2-4-6-7;;;;/h8-12H,7H2,1-6H3;9-11H,5-7H2,1-4H3;2*3-6H,1H3;1H2;2*1H;. The summed E-state index contributed by atoms with van der Waals surface area (Å²) >= 11 is -5.05. The van der Waals surface area contributed by atoms with Gasteiger partial charge in [0.25, 0.3) is 0 Å². The zero-order valence-electron chi connectivity index (χ0n) is 36.1. The Morgan fingerprint density at radius 1 is 0.714 bits per heavy atom. The van der Waals surface area contributed by atoms with Gasteiger partial charge < -0.3 is 0 Å². The number of aryl methyl sites for hydroxylation is 2. The number of hydrogen-bond acceptors (Lipinski definition) is 0. The third kappa shape index (κ3) is 6.03. The van der Waals surface area contributed by atoms with Crippen LogP contribution in [0, 0.1) is 25.2 Å². The molecule has 4 aliphatic carbocycles. The van der Waals surface area contributed by atoms with Gasteiger partial charge in [0, 0.05) is 0 Å². The Morgan fingerprint density at radius 2 is 1.23 bits per heavy atom. The van der Waals surface area contributed by atoms with E-state index in [1.807, 2.05) is 0 Å². The van der Waals surface area contributed by atoms with Crippen molar-refractivity contribution in [3.8, 4) is 11.1 Å². The van der Waals surface area contributed by atoms with E-state index in [9.17, 15) is 0 Å². The van der Waals surface area contributed by atoms with Gasteiger partial charge in [0.05, 0.1) is 0 Å². The van der Waals surface area contributed by atoms with E-state index in [1.54, 1.807) is 6.56 Å². The summed E-state index contributed by atoms with van der Waals surface area (Å²) < 4.78 is 12.2. The SMILES string of the molecule is Cl.Cl.[CH2]=[Zr]([C]1=CC(C(C)(C)C)=CC1CCCC)([C]1=C(C)c2cc3c(cc2C1(C)C)Cc1cc2c(cc1-3)C(C)=CC2(C)C)([c]1ccc(C)cc1)[c]1ccc(C)cc1. The molecule has 0 spiro atoms.